The van der Waals surface area contributed by atoms with E-state index in [1.165, 1.54) is 4.88 Å². The van der Waals surface area contributed by atoms with Crippen LogP contribution in [0.25, 0.3) is 0 Å². The highest BCUT2D eigenvalue weighted by Crippen LogP contribution is 2.20. The molecule has 0 saturated carbocycles. The first kappa shape index (κ1) is 10.5. The predicted octanol–water partition coefficient (Wildman–Crippen LogP) is 1.89. The van der Waals surface area contributed by atoms with Crippen molar-refractivity contribution in [3.8, 4) is 0 Å². The average molecular weight is 262 g/mol. The quantitative estimate of drug-likeness (QED) is 0.653. The van der Waals surface area contributed by atoms with Crippen molar-refractivity contribution >= 4 is 33.2 Å². The van der Waals surface area contributed by atoms with Gasteiger partial charge >= 0.3 is 0 Å². The lowest BCUT2D eigenvalue weighted by Gasteiger charge is -2.09. The van der Waals surface area contributed by atoms with E-state index >= 15 is 0 Å². The van der Waals surface area contributed by atoms with Crippen molar-refractivity contribution < 1.29 is 0 Å². The van der Waals surface area contributed by atoms with Crippen LogP contribution in [0, 0.1) is 0 Å². The van der Waals surface area contributed by atoms with Gasteiger partial charge in [0, 0.05) is 28.8 Å². The molecule has 1 aromatic rings. The van der Waals surface area contributed by atoms with Gasteiger partial charge in [0.2, 0.25) is 0 Å². The summed E-state index contributed by atoms with van der Waals surface area (Å²) in [6.45, 7) is 0.653. The molecule has 0 aliphatic rings. The van der Waals surface area contributed by atoms with Crippen molar-refractivity contribution in [2.75, 3.05) is 14.1 Å². The number of rotatable bonds is 2. The van der Waals surface area contributed by atoms with Crippen LogP contribution in [-0.4, -0.2) is 25.0 Å². The number of guanidine groups is 1. The van der Waals surface area contributed by atoms with Crippen molar-refractivity contribution in [3.63, 3.8) is 0 Å². The fraction of sp³-hybridized carbons (Fsp3) is 0.375. The third-order valence-corrected chi connectivity index (χ3v) is 3.16. The lowest BCUT2D eigenvalue weighted by atomic mass is 10.5. The summed E-state index contributed by atoms with van der Waals surface area (Å²) in [5, 5.41) is 2.04. The zero-order valence-electron chi connectivity index (χ0n) is 7.62. The second kappa shape index (κ2) is 4.62. The number of hydrogen-bond donors (Lipinski definition) is 1. The summed E-state index contributed by atoms with van der Waals surface area (Å²) < 4.78 is 1.10. The Labute approximate surface area is 90.4 Å². The van der Waals surface area contributed by atoms with Crippen molar-refractivity contribution in [1.29, 1.82) is 0 Å². The Hall–Kier alpha value is -0.550. The molecular weight excluding hydrogens is 250 g/mol. The summed E-state index contributed by atoms with van der Waals surface area (Å²) in [7, 11) is 3.76. The SMILES string of the molecule is CN(C)C(N)=NCc1cc(Br)cs1. The molecule has 0 aromatic carbocycles. The van der Waals surface area contributed by atoms with Crippen LogP contribution in [0.3, 0.4) is 0 Å². The Morgan fingerprint density at radius 3 is 2.85 bits per heavy atom. The maximum atomic E-state index is 5.64. The summed E-state index contributed by atoms with van der Waals surface area (Å²) in [5.41, 5.74) is 5.64. The first-order valence-corrected chi connectivity index (χ1v) is 5.47. The lowest BCUT2D eigenvalue weighted by Crippen LogP contribution is -2.30. The normalized spacial score (nSPS) is 11.8. The fourth-order valence-corrected chi connectivity index (χ4v) is 2.11. The molecular formula is C8H12BrN3S. The zero-order chi connectivity index (χ0) is 9.84. The molecule has 5 heteroatoms. The number of hydrogen-bond acceptors (Lipinski definition) is 2. The van der Waals surface area contributed by atoms with Crippen molar-refractivity contribution in [2.24, 2.45) is 10.7 Å². The van der Waals surface area contributed by atoms with E-state index in [-0.39, 0.29) is 0 Å². The van der Waals surface area contributed by atoms with Gasteiger partial charge in [0.05, 0.1) is 6.54 Å². The summed E-state index contributed by atoms with van der Waals surface area (Å²) >= 11 is 5.06. The highest BCUT2D eigenvalue weighted by Gasteiger charge is 1.97. The van der Waals surface area contributed by atoms with Crippen LogP contribution < -0.4 is 5.73 Å². The van der Waals surface area contributed by atoms with Gasteiger partial charge in [-0.2, -0.15) is 0 Å². The molecule has 1 rings (SSSR count). The highest BCUT2D eigenvalue weighted by atomic mass is 79.9. The Bertz CT molecular complexity index is 306. The fourth-order valence-electron chi connectivity index (χ4n) is 0.737. The van der Waals surface area contributed by atoms with E-state index in [4.69, 9.17) is 5.73 Å². The minimum absolute atomic E-state index is 0.560. The molecule has 1 heterocycles. The van der Waals surface area contributed by atoms with E-state index in [2.05, 4.69) is 27.0 Å². The molecule has 0 spiro atoms. The van der Waals surface area contributed by atoms with Gasteiger partial charge in [-0.25, -0.2) is 4.99 Å². The van der Waals surface area contributed by atoms with E-state index in [0.717, 1.165) is 4.47 Å². The lowest BCUT2D eigenvalue weighted by molar-refractivity contribution is 0.609. The molecule has 0 fully saturated rings. The van der Waals surface area contributed by atoms with Crippen LogP contribution in [0.5, 0.6) is 0 Å². The van der Waals surface area contributed by atoms with Gasteiger partial charge in [0.15, 0.2) is 5.96 Å². The van der Waals surface area contributed by atoms with Crippen molar-refractivity contribution in [1.82, 2.24) is 4.90 Å². The van der Waals surface area contributed by atoms with Gasteiger partial charge in [-0.15, -0.1) is 11.3 Å². The first-order chi connectivity index (χ1) is 6.09. The summed E-state index contributed by atoms with van der Waals surface area (Å²) in [5.74, 6) is 0.560. The smallest absolute Gasteiger partial charge is 0.191 e. The molecule has 0 bridgehead atoms. The molecule has 0 aliphatic carbocycles. The van der Waals surface area contributed by atoms with Crippen LogP contribution in [0.4, 0.5) is 0 Å². The van der Waals surface area contributed by atoms with Crippen LogP contribution in [0.1, 0.15) is 4.88 Å². The van der Waals surface area contributed by atoms with Crippen LogP contribution in [0.15, 0.2) is 20.9 Å². The van der Waals surface area contributed by atoms with E-state index in [1.54, 1.807) is 16.2 Å². The average Bonchev–Trinajstić information content (AvgIpc) is 2.47. The number of halogens is 1. The standard InChI is InChI=1S/C8H12BrN3S/c1-12(2)8(10)11-4-7-3-6(9)5-13-7/h3,5H,4H2,1-2H3,(H2,10,11). The molecule has 0 aliphatic heterocycles. The van der Waals surface area contributed by atoms with Crippen molar-refractivity contribution in [2.45, 2.75) is 6.54 Å². The Kier molecular flexibility index (Phi) is 3.74. The number of aliphatic imine (C=N–C) groups is 1. The van der Waals surface area contributed by atoms with Gasteiger partial charge in [-0.1, -0.05) is 0 Å². The van der Waals surface area contributed by atoms with E-state index in [0.29, 0.717) is 12.5 Å². The second-order valence-corrected chi connectivity index (χ2v) is 4.71. The molecule has 3 nitrogen and oxygen atoms in total. The van der Waals surface area contributed by atoms with E-state index in [1.807, 2.05) is 19.5 Å². The number of thiophene rings is 1. The predicted molar refractivity (Wildman–Crippen MR) is 61.0 cm³/mol. The Morgan fingerprint density at radius 1 is 1.69 bits per heavy atom. The minimum atomic E-state index is 0.560. The van der Waals surface area contributed by atoms with Gasteiger partial charge in [0.25, 0.3) is 0 Å². The van der Waals surface area contributed by atoms with Gasteiger partial charge in [0.1, 0.15) is 0 Å². The summed E-state index contributed by atoms with van der Waals surface area (Å²) in [6, 6.07) is 2.05. The topological polar surface area (TPSA) is 41.6 Å². The van der Waals surface area contributed by atoms with Gasteiger partial charge in [-0.3, -0.25) is 0 Å². The van der Waals surface area contributed by atoms with E-state index in [9.17, 15) is 0 Å². The minimum Gasteiger partial charge on any atom is -0.370 e. The Morgan fingerprint density at radius 2 is 2.38 bits per heavy atom. The Balaban J connectivity index is 2.56. The molecule has 13 heavy (non-hydrogen) atoms. The second-order valence-electron chi connectivity index (χ2n) is 2.80. The van der Waals surface area contributed by atoms with Crippen LogP contribution in [0.2, 0.25) is 0 Å². The summed E-state index contributed by atoms with van der Waals surface area (Å²) in [6.07, 6.45) is 0. The van der Waals surface area contributed by atoms with Gasteiger partial charge < -0.3 is 10.6 Å². The molecule has 0 radical (unpaired) electrons. The largest absolute Gasteiger partial charge is 0.370 e. The molecule has 0 amide bonds. The molecule has 0 atom stereocenters. The highest BCUT2D eigenvalue weighted by molar-refractivity contribution is 9.10. The molecule has 72 valence electrons. The number of nitrogens with two attached hydrogens (primary N) is 1. The first-order valence-electron chi connectivity index (χ1n) is 3.79. The molecule has 1 aromatic heterocycles. The van der Waals surface area contributed by atoms with Gasteiger partial charge in [-0.05, 0) is 22.0 Å². The monoisotopic (exact) mass is 261 g/mol. The molecule has 0 unspecified atom stereocenters. The summed E-state index contributed by atoms with van der Waals surface area (Å²) in [4.78, 5) is 7.22. The number of nitrogens with zero attached hydrogens (tertiary/aromatic N) is 2. The van der Waals surface area contributed by atoms with Crippen LogP contribution in [-0.2, 0) is 6.54 Å². The molecule has 0 saturated heterocycles. The van der Waals surface area contributed by atoms with Crippen molar-refractivity contribution in [3.05, 3.63) is 20.8 Å². The maximum absolute atomic E-state index is 5.64. The maximum Gasteiger partial charge on any atom is 0.191 e. The zero-order valence-corrected chi connectivity index (χ0v) is 10.0. The molecule has 2 N–H and O–H groups in total. The third-order valence-electron chi connectivity index (χ3n) is 1.48. The van der Waals surface area contributed by atoms with E-state index < -0.39 is 0 Å². The third kappa shape index (κ3) is 3.36. The van der Waals surface area contributed by atoms with Crippen LogP contribution >= 0.6 is 27.3 Å².